The lowest BCUT2D eigenvalue weighted by Gasteiger charge is -2.31. The first-order valence-electron chi connectivity index (χ1n) is 10.4. The number of carbonyl (C=O) groups excluding carboxylic acids is 1. The van der Waals surface area contributed by atoms with Crippen molar-refractivity contribution < 1.29 is 22.2 Å². The van der Waals surface area contributed by atoms with Gasteiger partial charge in [-0.1, -0.05) is 35.5 Å². The molecule has 8 nitrogen and oxygen atoms in total. The number of aromatic nitrogens is 1. The van der Waals surface area contributed by atoms with Crippen molar-refractivity contribution in [3.05, 3.63) is 71.5 Å². The van der Waals surface area contributed by atoms with E-state index in [0.717, 1.165) is 5.56 Å². The van der Waals surface area contributed by atoms with Gasteiger partial charge in [-0.3, -0.25) is 4.79 Å². The van der Waals surface area contributed by atoms with Crippen molar-refractivity contribution in [2.75, 3.05) is 13.1 Å². The average molecular weight is 456 g/mol. The van der Waals surface area contributed by atoms with Crippen molar-refractivity contribution in [3.63, 3.8) is 0 Å². The summed E-state index contributed by atoms with van der Waals surface area (Å²) in [6.45, 7) is 2.47. The fourth-order valence-corrected chi connectivity index (χ4v) is 5.55. The maximum atomic E-state index is 13.4. The van der Waals surface area contributed by atoms with Gasteiger partial charge in [-0.15, -0.1) is 0 Å². The van der Waals surface area contributed by atoms with Crippen LogP contribution >= 0.6 is 0 Å². The molecule has 1 aromatic carbocycles. The highest BCUT2D eigenvalue weighted by Crippen LogP contribution is 2.29. The number of aryl methyl sites for hydroxylation is 1. The van der Waals surface area contributed by atoms with E-state index >= 15 is 0 Å². The van der Waals surface area contributed by atoms with E-state index in [2.05, 4.69) is 10.5 Å². The summed E-state index contributed by atoms with van der Waals surface area (Å²) in [5.41, 5.74) is 1.27. The van der Waals surface area contributed by atoms with Crippen LogP contribution in [-0.2, 0) is 21.4 Å². The van der Waals surface area contributed by atoms with E-state index in [0.29, 0.717) is 31.7 Å². The Morgan fingerprint density at radius 2 is 2.03 bits per heavy atom. The first-order chi connectivity index (χ1) is 15.4. The predicted molar refractivity (Wildman–Crippen MR) is 119 cm³/mol. The molecule has 32 heavy (non-hydrogen) atoms. The quantitative estimate of drug-likeness (QED) is 0.585. The molecule has 0 saturated carbocycles. The van der Waals surface area contributed by atoms with E-state index in [1.807, 2.05) is 30.3 Å². The van der Waals surface area contributed by atoms with Gasteiger partial charge in [0.1, 0.15) is 11.5 Å². The molecule has 0 aliphatic carbocycles. The highest BCUT2D eigenvalue weighted by atomic mass is 32.2. The van der Waals surface area contributed by atoms with Gasteiger partial charge in [-0.2, -0.15) is 4.31 Å². The molecule has 3 aromatic rings. The van der Waals surface area contributed by atoms with Crippen LogP contribution in [0.5, 0.6) is 0 Å². The Morgan fingerprint density at radius 3 is 2.78 bits per heavy atom. The number of benzene rings is 1. The zero-order valence-electron chi connectivity index (χ0n) is 17.7. The predicted octanol–water partition coefficient (Wildman–Crippen LogP) is 3.46. The number of nitrogens with zero attached hydrogens (tertiary/aromatic N) is 2. The largest absolute Gasteiger partial charge is 0.465 e. The van der Waals surface area contributed by atoms with Crippen molar-refractivity contribution in [3.8, 4) is 0 Å². The SMILES string of the molecule is Cc1noc(C=Cc2ccco2)c1S(=O)(=O)N1CCCC(C(=O)NCc2ccccc2)C1. The van der Waals surface area contributed by atoms with E-state index in [1.54, 1.807) is 25.1 Å². The molecule has 9 heteroatoms. The zero-order chi connectivity index (χ0) is 22.6. The summed E-state index contributed by atoms with van der Waals surface area (Å²) in [5, 5.41) is 6.77. The van der Waals surface area contributed by atoms with Crippen molar-refractivity contribution in [1.29, 1.82) is 0 Å². The number of rotatable bonds is 7. The second kappa shape index (κ2) is 9.54. The Kier molecular flexibility index (Phi) is 6.57. The van der Waals surface area contributed by atoms with Gasteiger partial charge < -0.3 is 14.3 Å². The van der Waals surface area contributed by atoms with E-state index in [1.165, 1.54) is 16.6 Å². The molecule has 1 saturated heterocycles. The number of hydrogen-bond donors (Lipinski definition) is 1. The van der Waals surface area contributed by atoms with Crippen LogP contribution in [0.3, 0.4) is 0 Å². The number of hydrogen-bond acceptors (Lipinski definition) is 6. The van der Waals surface area contributed by atoms with Gasteiger partial charge in [-0.05, 0) is 49.6 Å². The normalized spacial score (nSPS) is 17.6. The molecule has 168 valence electrons. The molecule has 1 aliphatic heterocycles. The summed E-state index contributed by atoms with van der Waals surface area (Å²) >= 11 is 0. The minimum atomic E-state index is -3.89. The van der Waals surface area contributed by atoms with Crippen LogP contribution in [-0.4, -0.2) is 36.9 Å². The van der Waals surface area contributed by atoms with Crippen molar-refractivity contribution >= 4 is 28.1 Å². The van der Waals surface area contributed by atoms with Crippen molar-refractivity contribution in [1.82, 2.24) is 14.8 Å². The number of nitrogens with one attached hydrogen (secondary N) is 1. The molecular weight excluding hydrogens is 430 g/mol. The third-order valence-corrected chi connectivity index (χ3v) is 7.46. The Balaban J connectivity index is 1.48. The van der Waals surface area contributed by atoms with E-state index in [4.69, 9.17) is 8.94 Å². The second-order valence-corrected chi connectivity index (χ2v) is 9.59. The van der Waals surface area contributed by atoms with Gasteiger partial charge in [0.25, 0.3) is 0 Å². The van der Waals surface area contributed by atoms with Crippen LogP contribution in [0.2, 0.25) is 0 Å². The van der Waals surface area contributed by atoms with E-state index in [9.17, 15) is 13.2 Å². The topological polar surface area (TPSA) is 106 Å². The number of amides is 1. The maximum Gasteiger partial charge on any atom is 0.248 e. The summed E-state index contributed by atoms with van der Waals surface area (Å²) in [5.74, 6) is 0.142. The molecule has 4 rings (SSSR count). The van der Waals surface area contributed by atoms with Crippen molar-refractivity contribution in [2.24, 2.45) is 5.92 Å². The fourth-order valence-electron chi connectivity index (χ4n) is 3.78. The molecule has 1 amide bonds. The van der Waals surface area contributed by atoms with Crippen LogP contribution < -0.4 is 5.32 Å². The van der Waals surface area contributed by atoms with Crippen LogP contribution in [0.25, 0.3) is 12.2 Å². The fraction of sp³-hybridized carbons (Fsp3) is 0.304. The highest BCUT2D eigenvalue weighted by molar-refractivity contribution is 7.89. The monoisotopic (exact) mass is 455 g/mol. The number of sulfonamides is 1. The smallest absolute Gasteiger partial charge is 0.248 e. The molecular formula is C23H25N3O5S. The highest BCUT2D eigenvalue weighted by Gasteiger charge is 2.36. The molecule has 0 bridgehead atoms. The first kappa shape index (κ1) is 22.0. The molecule has 1 atom stereocenters. The van der Waals surface area contributed by atoms with Gasteiger partial charge in [-0.25, -0.2) is 8.42 Å². The summed E-state index contributed by atoms with van der Waals surface area (Å²) in [4.78, 5) is 12.7. The second-order valence-electron chi connectivity index (χ2n) is 7.72. The van der Waals surface area contributed by atoms with Gasteiger partial charge in [0.2, 0.25) is 15.9 Å². The third kappa shape index (κ3) is 4.84. The number of furan rings is 1. The lowest BCUT2D eigenvalue weighted by atomic mass is 9.99. The molecule has 3 heterocycles. The number of piperidine rings is 1. The summed E-state index contributed by atoms with van der Waals surface area (Å²) in [6.07, 6.45) is 5.92. The Hall–Kier alpha value is -3.17. The minimum absolute atomic E-state index is 0.0191. The average Bonchev–Trinajstić information content (AvgIpc) is 3.46. The van der Waals surface area contributed by atoms with Crippen LogP contribution in [0.15, 0.2) is 62.6 Å². The molecule has 0 radical (unpaired) electrons. The maximum absolute atomic E-state index is 13.4. The van der Waals surface area contributed by atoms with Crippen LogP contribution in [0.4, 0.5) is 0 Å². The van der Waals surface area contributed by atoms with Crippen molar-refractivity contribution in [2.45, 2.75) is 31.2 Å². The summed E-state index contributed by atoms with van der Waals surface area (Å²) in [7, 11) is -3.89. The van der Waals surface area contributed by atoms with Gasteiger partial charge in [0, 0.05) is 19.6 Å². The zero-order valence-corrected chi connectivity index (χ0v) is 18.5. The minimum Gasteiger partial charge on any atom is -0.465 e. The molecule has 0 spiro atoms. The molecule has 1 aliphatic rings. The number of carbonyl (C=O) groups is 1. The van der Waals surface area contributed by atoms with Gasteiger partial charge in [0.15, 0.2) is 10.7 Å². The van der Waals surface area contributed by atoms with Crippen LogP contribution in [0, 0.1) is 12.8 Å². The molecule has 1 unspecified atom stereocenters. The standard InChI is InChI=1S/C23H25N3O5S/c1-17-22(21(31-25-17)12-11-20-10-6-14-30-20)32(28,29)26-13-5-9-19(16-26)23(27)24-15-18-7-3-2-4-8-18/h2-4,6-8,10-12,14,19H,5,9,13,15-16H2,1H3,(H,24,27). The summed E-state index contributed by atoms with van der Waals surface area (Å²) in [6, 6.07) is 13.1. The van der Waals surface area contributed by atoms with E-state index in [-0.39, 0.29) is 28.8 Å². The third-order valence-electron chi connectivity index (χ3n) is 5.44. The molecule has 1 N–H and O–H groups in total. The Labute approximate surface area is 186 Å². The Morgan fingerprint density at radius 1 is 1.22 bits per heavy atom. The first-order valence-corrected chi connectivity index (χ1v) is 11.9. The molecule has 1 fully saturated rings. The van der Waals surface area contributed by atoms with Crippen LogP contribution in [0.1, 0.15) is 35.6 Å². The van der Waals surface area contributed by atoms with E-state index < -0.39 is 15.9 Å². The lowest BCUT2D eigenvalue weighted by Crippen LogP contribution is -2.45. The molecule has 2 aromatic heterocycles. The lowest BCUT2D eigenvalue weighted by molar-refractivity contribution is -0.126. The van der Waals surface area contributed by atoms with Gasteiger partial charge in [0.05, 0.1) is 12.2 Å². The Bertz CT molecular complexity index is 1180. The van der Waals surface area contributed by atoms with Gasteiger partial charge >= 0.3 is 0 Å². The summed E-state index contributed by atoms with van der Waals surface area (Å²) < 4.78 is 38.7.